The molecule has 0 amide bonds. The Bertz CT molecular complexity index is 677. The lowest BCUT2D eigenvalue weighted by Crippen LogP contribution is -2.13. The molecule has 2 heterocycles. The largest absolute Gasteiger partial charge is 0.479 e. The first-order valence-corrected chi connectivity index (χ1v) is 8.89. The molecule has 110 valence electrons. The topological polar surface area (TPSA) is 94.1 Å². The maximum atomic E-state index is 12.2. The van der Waals surface area contributed by atoms with E-state index in [1.807, 2.05) is 0 Å². The van der Waals surface area contributed by atoms with Gasteiger partial charge in [0.05, 0.1) is 7.11 Å². The highest BCUT2D eigenvalue weighted by atomic mass is 32.2. The molecule has 10 heteroatoms. The second-order valence-corrected chi connectivity index (χ2v) is 7.73. The molecule has 0 unspecified atom stereocenters. The van der Waals surface area contributed by atoms with Gasteiger partial charge < -0.3 is 4.74 Å². The van der Waals surface area contributed by atoms with Gasteiger partial charge in [0.1, 0.15) is 5.01 Å². The van der Waals surface area contributed by atoms with Gasteiger partial charge in [0.15, 0.2) is 4.90 Å². The Balaban J connectivity index is 2.18. The predicted octanol–water partition coefficient (Wildman–Crippen LogP) is 2.00. The van der Waals surface area contributed by atoms with Gasteiger partial charge in [-0.05, 0) is 17.5 Å². The summed E-state index contributed by atoms with van der Waals surface area (Å²) < 4.78 is 35.5. The van der Waals surface area contributed by atoms with Crippen molar-refractivity contribution < 1.29 is 13.2 Å². The van der Waals surface area contributed by atoms with Crippen LogP contribution in [0.3, 0.4) is 0 Å². The number of ether oxygens (including phenoxy) is 1. The zero-order valence-electron chi connectivity index (χ0n) is 11.2. The fourth-order valence-corrected chi connectivity index (χ4v) is 4.68. The van der Waals surface area contributed by atoms with Gasteiger partial charge in [0.25, 0.3) is 10.0 Å². The highest BCUT2D eigenvalue weighted by Gasteiger charge is 2.23. The van der Waals surface area contributed by atoms with Gasteiger partial charge in [-0.15, -0.1) is 10.2 Å². The standard InChI is InChI=1S/C10H14N4O3S3/c1-6(2)4-8-11-12-10(19-8)14-20(15,16)7-5-18-13-9(7)17-3/h5-6H,4H2,1-3H3,(H,12,14). The first kappa shape index (κ1) is 15.1. The van der Waals surface area contributed by atoms with E-state index < -0.39 is 10.0 Å². The number of sulfonamides is 1. The van der Waals surface area contributed by atoms with Gasteiger partial charge in [-0.3, -0.25) is 4.72 Å². The van der Waals surface area contributed by atoms with Gasteiger partial charge in [-0.1, -0.05) is 25.2 Å². The number of nitrogens with zero attached hydrogens (tertiary/aromatic N) is 3. The lowest BCUT2D eigenvalue weighted by Gasteiger charge is -2.03. The zero-order chi connectivity index (χ0) is 14.8. The monoisotopic (exact) mass is 334 g/mol. The summed E-state index contributed by atoms with van der Waals surface area (Å²) in [5.74, 6) is 0.517. The summed E-state index contributed by atoms with van der Waals surface area (Å²) in [6, 6.07) is 0. The van der Waals surface area contributed by atoms with Gasteiger partial charge in [0.2, 0.25) is 11.0 Å². The van der Waals surface area contributed by atoms with E-state index in [1.54, 1.807) is 0 Å². The first-order chi connectivity index (χ1) is 9.42. The van der Waals surface area contributed by atoms with Crippen LogP contribution in [0.1, 0.15) is 18.9 Å². The van der Waals surface area contributed by atoms with Crippen LogP contribution < -0.4 is 9.46 Å². The number of methoxy groups -OCH3 is 1. The summed E-state index contributed by atoms with van der Waals surface area (Å²) >= 11 is 2.24. The summed E-state index contributed by atoms with van der Waals surface area (Å²) in [4.78, 5) is 0.00519. The van der Waals surface area contributed by atoms with Crippen LogP contribution in [0.25, 0.3) is 0 Å². The molecule has 2 aromatic heterocycles. The Morgan fingerprint density at radius 3 is 2.80 bits per heavy atom. The number of nitrogens with one attached hydrogen (secondary N) is 1. The highest BCUT2D eigenvalue weighted by molar-refractivity contribution is 7.93. The third kappa shape index (κ3) is 3.44. The number of anilines is 1. The van der Waals surface area contributed by atoms with Crippen molar-refractivity contribution in [3.8, 4) is 5.88 Å². The molecule has 1 N–H and O–H groups in total. The molecule has 0 bridgehead atoms. The summed E-state index contributed by atoms with van der Waals surface area (Å²) in [7, 11) is -2.37. The Morgan fingerprint density at radius 1 is 1.40 bits per heavy atom. The fraction of sp³-hybridized carbons (Fsp3) is 0.500. The third-order valence-electron chi connectivity index (χ3n) is 2.26. The number of rotatable bonds is 6. The smallest absolute Gasteiger partial charge is 0.269 e. The molecular weight excluding hydrogens is 320 g/mol. The van der Waals surface area contributed by atoms with Gasteiger partial charge in [-0.2, -0.15) is 4.37 Å². The molecule has 0 saturated carbocycles. The van der Waals surface area contributed by atoms with Crippen LogP contribution in [0.4, 0.5) is 5.13 Å². The molecule has 0 saturated heterocycles. The normalized spacial score (nSPS) is 11.8. The molecule has 2 rings (SSSR count). The van der Waals surface area contributed by atoms with Crippen LogP contribution in [-0.2, 0) is 16.4 Å². The number of hydrogen-bond acceptors (Lipinski definition) is 8. The van der Waals surface area contributed by atoms with Crippen LogP contribution in [0.2, 0.25) is 0 Å². The van der Waals surface area contributed by atoms with Crippen LogP contribution in [-0.4, -0.2) is 30.1 Å². The lowest BCUT2D eigenvalue weighted by atomic mass is 10.1. The van der Waals surface area contributed by atoms with Gasteiger partial charge in [-0.25, -0.2) is 8.42 Å². The van der Waals surface area contributed by atoms with Crippen LogP contribution in [0, 0.1) is 5.92 Å². The summed E-state index contributed by atoms with van der Waals surface area (Å²) in [6.45, 7) is 4.13. The third-order valence-corrected chi connectivity index (χ3v) is 5.35. The Hall–Kier alpha value is -1.26. The molecule has 0 aliphatic carbocycles. The van der Waals surface area contributed by atoms with Crippen molar-refractivity contribution in [3.63, 3.8) is 0 Å². The van der Waals surface area contributed by atoms with Crippen molar-refractivity contribution in [1.82, 2.24) is 14.6 Å². The van der Waals surface area contributed by atoms with Crippen LogP contribution >= 0.6 is 22.9 Å². The van der Waals surface area contributed by atoms with Crippen molar-refractivity contribution in [2.75, 3.05) is 11.8 Å². The molecule has 0 spiro atoms. The van der Waals surface area contributed by atoms with Crippen LogP contribution in [0.5, 0.6) is 5.88 Å². The first-order valence-electron chi connectivity index (χ1n) is 5.76. The minimum atomic E-state index is -3.75. The SMILES string of the molecule is COc1nscc1S(=O)(=O)Nc1nnc(CC(C)C)s1. The van der Waals surface area contributed by atoms with E-state index in [-0.39, 0.29) is 15.9 Å². The minimum absolute atomic E-state index is 0.00519. The molecule has 2 aromatic rings. The van der Waals surface area contributed by atoms with E-state index in [0.29, 0.717) is 5.92 Å². The maximum absolute atomic E-state index is 12.2. The van der Waals surface area contributed by atoms with Gasteiger partial charge in [0, 0.05) is 11.8 Å². The van der Waals surface area contributed by atoms with Crippen molar-refractivity contribution in [3.05, 3.63) is 10.4 Å². The Labute approximate surface area is 125 Å². The molecule has 7 nitrogen and oxygen atoms in total. The molecule has 0 aromatic carbocycles. The lowest BCUT2D eigenvalue weighted by molar-refractivity contribution is 0.391. The molecular formula is C10H14N4O3S3. The van der Waals surface area contributed by atoms with E-state index in [9.17, 15) is 8.42 Å². The molecule has 0 aliphatic heterocycles. The quantitative estimate of drug-likeness (QED) is 0.868. The number of hydrogen-bond donors (Lipinski definition) is 1. The van der Waals surface area contributed by atoms with E-state index in [1.165, 1.54) is 23.8 Å². The van der Waals surface area contributed by atoms with E-state index in [0.717, 1.165) is 23.0 Å². The molecule has 0 aliphatic rings. The molecule has 0 atom stereocenters. The van der Waals surface area contributed by atoms with E-state index >= 15 is 0 Å². The second kappa shape index (κ2) is 6.02. The zero-order valence-corrected chi connectivity index (χ0v) is 13.6. The Kier molecular flexibility index (Phi) is 4.55. The van der Waals surface area contributed by atoms with Crippen LogP contribution in [0.15, 0.2) is 10.3 Å². The fourth-order valence-electron chi connectivity index (χ4n) is 1.43. The van der Waals surface area contributed by atoms with Crippen molar-refractivity contribution in [2.24, 2.45) is 5.92 Å². The molecule has 0 fully saturated rings. The average molecular weight is 334 g/mol. The molecule has 0 radical (unpaired) electrons. The summed E-state index contributed by atoms with van der Waals surface area (Å²) in [5.41, 5.74) is 0. The maximum Gasteiger partial charge on any atom is 0.269 e. The van der Waals surface area contributed by atoms with E-state index in [2.05, 4.69) is 33.1 Å². The number of aromatic nitrogens is 3. The average Bonchev–Trinajstić information content (AvgIpc) is 2.96. The van der Waals surface area contributed by atoms with Crippen molar-refractivity contribution in [2.45, 2.75) is 25.2 Å². The van der Waals surface area contributed by atoms with Crippen molar-refractivity contribution in [1.29, 1.82) is 0 Å². The van der Waals surface area contributed by atoms with Gasteiger partial charge >= 0.3 is 0 Å². The summed E-state index contributed by atoms with van der Waals surface area (Å²) in [5, 5.41) is 10.3. The Morgan fingerprint density at radius 2 is 2.15 bits per heavy atom. The van der Waals surface area contributed by atoms with E-state index in [4.69, 9.17) is 4.74 Å². The highest BCUT2D eigenvalue weighted by Crippen LogP contribution is 2.27. The van der Waals surface area contributed by atoms with Crippen molar-refractivity contribution >= 4 is 38.0 Å². The predicted molar refractivity (Wildman–Crippen MR) is 77.9 cm³/mol. The minimum Gasteiger partial charge on any atom is -0.479 e. The summed E-state index contributed by atoms with van der Waals surface area (Å²) in [6.07, 6.45) is 0.767. The molecule has 20 heavy (non-hydrogen) atoms. The second-order valence-electron chi connectivity index (χ2n) is 4.39.